The summed E-state index contributed by atoms with van der Waals surface area (Å²) in [5, 5.41) is 10.8. The highest BCUT2D eigenvalue weighted by molar-refractivity contribution is 7.99. The molecule has 0 saturated heterocycles. The van der Waals surface area contributed by atoms with E-state index in [9.17, 15) is 22.8 Å². The standard InChI is InChI=1S/C8H12F3NO4S/c1-5(13)12-6(7(14)15)2-17-4-16-3-8(9,10)11/h6H,2-4H2,1H3,(H,12,13)(H,14,15). The summed E-state index contributed by atoms with van der Waals surface area (Å²) in [6.45, 7) is -0.224. The monoisotopic (exact) mass is 275 g/mol. The van der Waals surface area contributed by atoms with Crippen molar-refractivity contribution in [2.24, 2.45) is 0 Å². The maximum atomic E-state index is 11.7. The minimum absolute atomic E-state index is 0.0627. The quantitative estimate of drug-likeness (QED) is 0.532. The predicted molar refractivity (Wildman–Crippen MR) is 54.6 cm³/mol. The van der Waals surface area contributed by atoms with Crippen LogP contribution >= 0.6 is 11.8 Å². The number of hydrogen-bond donors (Lipinski definition) is 2. The molecule has 0 aliphatic carbocycles. The van der Waals surface area contributed by atoms with Crippen LogP contribution in [0.1, 0.15) is 6.92 Å². The molecule has 0 aromatic rings. The number of carbonyl (C=O) groups excluding carboxylic acids is 1. The molecule has 0 aliphatic heterocycles. The van der Waals surface area contributed by atoms with Crippen LogP contribution in [0.4, 0.5) is 13.2 Å². The molecule has 17 heavy (non-hydrogen) atoms. The molecule has 0 bridgehead atoms. The second-order valence-electron chi connectivity index (χ2n) is 3.04. The smallest absolute Gasteiger partial charge is 0.411 e. The number of carboxylic acids is 1. The van der Waals surface area contributed by atoms with Crippen LogP contribution in [0.25, 0.3) is 0 Å². The number of carboxylic acid groups (broad SMARTS) is 1. The van der Waals surface area contributed by atoms with Gasteiger partial charge in [0.05, 0.1) is 5.94 Å². The first-order chi connectivity index (χ1) is 7.72. The first-order valence-corrected chi connectivity index (χ1v) is 5.60. The molecule has 0 heterocycles. The van der Waals surface area contributed by atoms with Crippen molar-refractivity contribution in [1.29, 1.82) is 0 Å². The number of amides is 1. The molecule has 5 nitrogen and oxygen atoms in total. The third-order valence-corrected chi connectivity index (χ3v) is 2.29. The van der Waals surface area contributed by atoms with Crippen molar-refractivity contribution in [2.75, 3.05) is 18.3 Å². The van der Waals surface area contributed by atoms with Crippen LogP contribution in [0.15, 0.2) is 0 Å². The molecule has 1 unspecified atom stereocenters. The van der Waals surface area contributed by atoms with E-state index < -0.39 is 30.7 Å². The Kier molecular flexibility index (Phi) is 6.97. The average molecular weight is 275 g/mol. The van der Waals surface area contributed by atoms with Crippen molar-refractivity contribution in [2.45, 2.75) is 19.1 Å². The second kappa shape index (κ2) is 7.38. The topological polar surface area (TPSA) is 75.6 Å². The molecule has 0 radical (unpaired) electrons. The first-order valence-electron chi connectivity index (χ1n) is 4.44. The van der Waals surface area contributed by atoms with E-state index in [0.29, 0.717) is 0 Å². The number of halogens is 3. The summed E-state index contributed by atoms with van der Waals surface area (Å²) in [5.74, 6) is -2.12. The molecule has 0 fully saturated rings. The van der Waals surface area contributed by atoms with E-state index in [0.717, 1.165) is 18.7 Å². The highest BCUT2D eigenvalue weighted by atomic mass is 32.2. The number of thioether (sulfide) groups is 1. The van der Waals surface area contributed by atoms with E-state index >= 15 is 0 Å². The van der Waals surface area contributed by atoms with E-state index in [4.69, 9.17) is 5.11 Å². The van der Waals surface area contributed by atoms with Gasteiger partial charge in [-0.1, -0.05) is 0 Å². The van der Waals surface area contributed by atoms with Crippen molar-refractivity contribution in [1.82, 2.24) is 5.32 Å². The Bertz CT molecular complexity index is 272. The predicted octanol–water partition coefficient (Wildman–Crippen LogP) is 0.845. The van der Waals surface area contributed by atoms with Gasteiger partial charge in [-0.3, -0.25) is 4.79 Å². The molecular formula is C8H12F3NO4S. The van der Waals surface area contributed by atoms with E-state index in [1.807, 2.05) is 0 Å². The van der Waals surface area contributed by atoms with Crippen molar-refractivity contribution >= 4 is 23.6 Å². The van der Waals surface area contributed by atoms with Gasteiger partial charge in [-0.15, -0.1) is 11.8 Å². The van der Waals surface area contributed by atoms with Crippen LogP contribution in [0.5, 0.6) is 0 Å². The third kappa shape index (κ3) is 9.94. The largest absolute Gasteiger partial charge is 0.480 e. The lowest BCUT2D eigenvalue weighted by Gasteiger charge is -2.13. The van der Waals surface area contributed by atoms with Crippen molar-refractivity contribution < 1.29 is 32.6 Å². The Morgan fingerprint density at radius 1 is 1.47 bits per heavy atom. The minimum Gasteiger partial charge on any atom is -0.480 e. The third-order valence-electron chi connectivity index (χ3n) is 1.39. The van der Waals surface area contributed by atoms with Crippen molar-refractivity contribution in [3.05, 3.63) is 0 Å². The zero-order chi connectivity index (χ0) is 13.5. The van der Waals surface area contributed by atoms with Crippen LogP contribution in [0.2, 0.25) is 0 Å². The fraction of sp³-hybridized carbons (Fsp3) is 0.750. The van der Waals surface area contributed by atoms with Gasteiger partial charge in [-0.2, -0.15) is 13.2 Å². The summed E-state index contributed by atoms with van der Waals surface area (Å²) < 4.78 is 39.2. The lowest BCUT2D eigenvalue weighted by molar-refractivity contribution is -0.168. The number of carbonyl (C=O) groups is 2. The van der Waals surface area contributed by atoms with Crippen molar-refractivity contribution in [3.63, 3.8) is 0 Å². The maximum absolute atomic E-state index is 11.7. The number of hydrogen-bond acceptors (Lipinski definition) is 4. The van der Waals surface area contributed by atoms with Gasteiger partial charge in [0.25, 0.3) is 0 Å². The molecule has 0 spiro atoms. The molecule has 0 aromatic heterocycles. The Morgan fingerprint density at radius 3 is 2.47 bits per heavy atom. The van der Waals surface area contributed by atoms with Crippen LogP contribution in [-0.2, 0) is 14.3 Å². The molecular weight excluding hydrogens is 263 g/mol. The van der Waals surface area contributed by atoms with Gasteiger partial charge in [-0.25, -0.2) is 4.79 Å². The summed E-state index contributed by atoms with van der Waals surface area (Å²) >= 11 is 0.855. The van der Waals surface area contributed by atoms with E-state index in [2.05, 4.69) is 10.1 Å². The van der Waals surface area contributed by atoms with Crippen LogP contribution in [0, 0.1) is 0 Å². The highest BCUT2D eigenvalue weighted by Gasteiger charge is 2.27. The van der Waals surface area contributed by atoms with Gasteiger partial charge in [-0.05, 0) is 0 Å². The van der Waals surface area contributed by atoms with Gasteiger partial charge >= 0.3 is 12.1 Å². The van der Waals surface area contributed by atoms with Crippen LogP contribution < -0.4 is 5.32 Å². The molecule has 0 aromatic carbocycles. The zero-order valence-corrected chi connectivity index (χ0v) is 9.73. The number of aliphatic carboxylic acids is 1. The maximum Gasteiger partial charge on any atom is 0.411 e. The molecule has 0 rings (SSSR count). The molecule has 0 saturated carbocycles. The van der Waals surface area contributed by atoms with E-state index in [1.54, 1.807) is 0 Å². The Balaban J connectivity index is 3.76. The average Bonchev–Trinajstić information content (AvgIpc) is 2.12. The number of rotatable bonds is 7. The summed E-state index contributed by atoms with van der Waals surface area (Å²) in [5.41, 5.74) is 0. The molecule has 100 valence electrons. The SMILES string of the molecule is CC(=O)NC(CSCOCC(F)(F)F)C(=O)O. The lowest BCUT2D eigenvalue weighted by atomic mass is 10.3. The molecule has 2 N–H and O–H groups in total. The Hall–Kier alpha value is -0.960. The molecule has 1 amide bonds. The molecule has 9 heteroatoms. The summed E-state index contributed by atoms with van der Waals surface area (Å²) in [7, 11) is 0. The normalized spacial score (nSPS) is 13.2. The molecule has 1 atom stereocenters. The van der Waals surface area contributed by atoms with Gasteiger partial charge in [0, 0.05) is 12.7 Å². The Labute approximate surface area is 99.7 Å². The number of alkyl halides is 3. The number of ether oxygens (including phenoxy) is 1. The lowest BCUT2D eigenvalue weighted by Crippen LogP contribution is -2.41. The highest BCUT2D eigenvalue weighted by Crippen LogP contribution is 2.15. The second-order valence-corrected chi connectivity index (χ2v) is 4.02. The Morgan fingerprint density at radius 2 is 2.06 bits per heavy atom. The van der Waals surface area contributed by atoms with Crippen molar-refractivity contribution in [3.8, 4) is 0 Å². The van der Waals surface area contributed by atoms with E-state index in [-0.39, 0.29) is 11.7 Å². The first kappa shape index (κ1) is 16.0. The van der Waals surface area contributed by atoms with Gasteiger partial charge < -0.3 is 15.2 Å². The van der Waals surface area contributed by atoms with Gasteiger partial charge in [0.15, 0.2) is 0 Å². The van der Waals surface area contributed by atoms with Gasteiger partial charge in [0.2, 0.25) is 5.91 Å². The van der Waals surface area contributed by atoms with Crippen LogP contribution in [0.3, 0.4) is 0 Å². The number of nitrogens with one attached hydrogen (secondary N) is 1. The fourth-order valence-electron chi connectivity index (χ4n) is 0.802. The summed E-state index contributed by atoms with van der Waals surface area (Å²) in [6.07, 6.45) is -4.40. The van der Waals surface area contributed by atoms with E-state index in [1.165, 1.54) is 0 Å². The van der Waals surface area contributed by atoms with Gasteiger partial charge in [0.1, 0.15) is 12.6 Å². The zero-order valence-electron chi connectivity index (χ0n) is 8.91. The van der Waals surface area contributed by atoms with Crippen LogP contribution in [-0.4, -0.2) is 47.5 Å². The fourth-order valence-corrected chi connectivity index (χ4v) is 1.56. The summed E-state index contributed by atoms with van der Waals surface area (Å²) in [4.78, 5) is 21.2. The summed E-state index contributed by atoms with van der Waals surface area (Å²) in [6, 6.07) is -1.13. The molecule has 0 aliphatic rings. The minimum atomic E-state index is -4.40.